The summed E-state index contributed by atoms with van der Waals surface area (Å²) in [5, 5.41) is 0. The maximum absolute atomic E-state index is 2.54. The molecule has 0 aromatic carbocycles. The summed E-state index contributed by atoms with van der Waals surface area (Å²) in [6.07, 6.45) is 1.53. The highest BCUT2D eigenvalue weighted by Crippen LogP contribution is 2.33. The second-order valence-corrected chi connectivity index (χ2v) is 9.97. The van der Waals surface area contributed by atoms with Gasteiger partial charge in [0, 0.05) is 0 Å². The summed E-state index contributed by atoms with van der Waals surface area (Å²) in [5.41, 5.74) is 0. The normalized spacial score (nSPS) is 26.6. The van der Waals surface area contributed by atoms with Crippen LogP contribution < -0.4 is 0 Å². The van der Waals surface area contributed by atoms with E-state index in [1.54, 1.807) is 12.1 Å². The Hall–Kier alpha value is 0.947. The van der Waals surface area contributed by atoms with Crippen LogP contribution >= 0.6 is 22.6 Å². The van der Waals surface area contributed by atoms with Gasteiger partial charge < -0.3 is 0 Å². The summed E-state index contributed by atoms with van der Waals surface area (Å²) in [5.74, 6) is 0. The van der Waals surface area contributed by atoms with Gasteiger partial charge in [0.05, 0.1) is 8.07 Å². The molecule has 1 aliphatic rings. The third-order valence-electron chi connectivity index (χ3n) is 1.88. The zero-order chi connectivity index (χ0) is 5.33. The molecule has 1 rings (SSSR count). The lowest BCUT2D eigenvalue weighted by atomic mass is 10.5. The Morgan fingerprint density at radius 1 is 1.57 bits per heavy atom. The largest absolute Gasteiger partial charge is 0.0897 e. The molecule has 0 atom stereocenters. The van der Waals surface area contributed by atoms with Gasteiger partial charge in [0.25, 0.3) is 0 Å². The Labute approximate surface area is 59.8 Å². The van der Waals surface area contributed by atoms with Gasteiger partial charge in [-0.25, -0.2) is 0 Å². The zero-order valence-corrected chi connectivity index (χ0v) is 7.86. The van der Waals surface area contributed by atoms with Crippen molar-refractivity contribution in [2.24, 2.45) is 0 Å². The van der Waals surface area contributed by atoms with Crippen molar-refractivity contribution in [1.29, 1.82) is 0 Å². The van der Waals surface area contributed by atoms with Crippen LogP contribution in [-0.2, 0) is 0 Å². The van der Waals surface area contributed by atoms with Gasteiger partial charge in [-0.15, -0.1) is 0 Å². The number of hydrogen-bond donors (Lipinski definition) is 0. The fraction of sp³-hybridized carbons (Fsp3) is 1.00. The Bertz CT molecular complexity index is 63.0. The molecule has 0 radical (unpaired) electrons. The molecule has 1 saturated heterocycles. The number of rotatable bonds is 1. The molecule has 0 aromatic heterocycles. The lowest BCUT2D eigenvalue weighted by Gasteiger charge is -2.34. The minimum atomic E-state index is -0.484. The molecule has 0 amide bonds. The van der Waals surface area contributed by atoms with Crippen LogP contribution in [0.25, 0.3) is 0 Å². The van der Waals surface area contributed by atoms with Gasteiger partial charge in [-0.05, 0) is 4.05 Å². The number of hydrogen-bond acceptors (Lipinski definition) is 0. The summed E-state index contributed by atoms with van der Waals surface area (Å²) in [6.45, 7) is 2.52. The topological polar surface area (TPSA) is 0 Å². The van der Waals surface area contributed by atoms with Crippen molar-refractivity contribution in [2.75, 3.05) is 4.05 Å². The number of alkyl halides is 1. The van der Waals surface area contributed by atoms with Crippen molar-refractivity contribution in [2.45, 2.75) is 25.1 Å². The maximum Gasteiger partial charge on any atom is 0.0608 e. The minimum Gasteiger partial charge on any atom is -0.0897 e. The Morgan fingerprint density at radius 3 is 2.14 bits per heavy atom. The SMILES string of the molecule is C[Si]1(CI)CCC1. The van der Waals surface area contributed by atoms with Crippen molar-refractivity contribution < 1.29 is 0 Å². The Morgan fingerprint density at radius 2 is 2.14 bits per heavy atom. The maximum atomic E-state index is 2.54. The van der Waals surface area contributed by atoms with Gasteiger partial charge in [0.15, 0.2) is 0 Å². The standard InChI is InChI=1S/C5H11ISi/c1-7(5-6)3-2-4-7/h2-5H2,1H3. The summed E-state index contributed by atoms with van der Waals surface area (Å²) >= 11 is 2.54. The molecule has 2 heteroatoms. The molecule has 0 unspecified atom stereocenters. The lowest BCUT2D eigenvalue weighted by Crippen LogP contribution is -2.39. The third kappa shape index (κ3) is 1.19. The smallest absolute Gasteiger partial charge is 0.0608 e. The van der Waals surface area contributed by atoms with E-state index in [9.17, 15) is 0 Å². The zero-order valence-electron chi connectivity index (χ0n) is 4.71. The van der Waals surface area contributed by atoms with Gasteiger partial charge in [-0.2, -0.15) is 0 Å². The molecule has 0 aliphatic carbocycles. The average Bonchev–Trinajstić information content (AvgIpc) is 1.61. The van der Waals surface area contributed by atoms with Crippen molar-refractivity contribution in [1.82, 2.24) is 0 Å². The van der Waals surface area contributed by atoms with Crippen molar-refractivity contribution >= 4 is 30.7 Å². The van der Waals surface area contributed by atoms with Crippen LogP contribution in [0.3, 0.4) is 0 Å². The molecular weight excluding hydrogens is 215 g/mol. The molecule has 1 aliphatic heterocycles. The van der Waals surface area contributed by atoms with Gasteiger partial charge in [-0.3, -0.25) is 0 Å². The van der Waals surface area contributed by atoms with E-state index >= 15 is 0 Å². The molecule has 0 bridgehead atoms. The molecule has 0 saturated carbocycles. The number of halogens is 1. The fourth-order valence-corrected chi connectivity index (χ4v) is 5.03. The summed E-state index contributed by atoms with van der Waals surface area (Å²) < 4.78 is 1.49. The first-order chi connectivity index (χ1) is 3.27. The van der Waals surface area contributed by atoms with E-state index in [1.165, 1.54) is 10.5 Å². The monoisotopic (exact) mass is 226 g/mol. The Balaban J connectivity index is 2.29. The van der Waals surface area contributed by atoms with E-state index in [0.29, 0.717) is 0 Å². The summed E-state index contributed by atoms with van der Waals surface area (Å²) in [7, 11) is -0.484. The highest BCUT2D eigenvalue weighted by molar-refractivity contribution is 14.1. The molecule has 0 nitrogen and oxygen atoms in total. The van der Waals surface area contributed by atoms with E-state index in [2.05, 4.69) is 29.1 Å². The van der Waals surface area contributed by atoms with E-state index < -0.39 is 8.07 Å². The second-order valence-electron chi connectivity index (χ2n) is 2.80. The van der Waals surface area contributed by atoms with Crippen molar-refractivity contribution in [3.63, 3.8) is 0 Å². The van der Waals surface area contributed by atoms with E-state index in [4.69, 9.17) is 0 Å². The van der Waals surface area contributed by atoms with Crippen molar-refractivity contribution in [3.05, 3.63) is 0 Å². The summed E-state index contributed by atoms with van der Waals surface area (Å²) in [6, 6.07) is 3.21. The minimum absolute atomic E-state index is 0.484. The molecule has 0 N–H and O–H groups in total. The molecular formula is C5H11ISi. The van der Waals surface area contributed by atoms with Crippen LogP contribution in [0.15, 0.2) is 0 Å². The molecule has 1 fully saturated rings. The van der Waals surface area contributed by atoms with Crippen LogP contribution in [0.4, 0.5) is 0 Å². The summed E-state index contributed by atoms with van der Waals surface area (Å²) in [4.78, 5) is 0. The highest BCUT2D eigenvalue weighted by Gasteiger charge is 2.32. The van der Waals surface area contributed by atoms with E-state index in [-0.39, 0.29) is 0 Å². The Kier molecular flexibility index (Phi) is 1.78. The molecule has 1 heterocycles. The van der Waals surface area contributed by atoms with Gasteiger partial charge in [0.2, 0.25) is 0 Å². The highest BCUT2D eigenvalue weighted by atomic mass is 127. The van der Waals surface area contributed by atoms with Crippen LogP contribution in [0, 0.1) is 0 Å². The molecule has 0 spiro atoms. The van der Waals surface area contributed by atoms with Crippen LogP contribution in [-0.4, -0.2) is 12.1 Å². The van der Waals surface area contributed by atoms with E-state index in [1.807, 2.05) is 0 Å². The average molecular weight is 226 g/mol. The second kappa shape index (κ2) is 2.05. The van der Waals surface area contributed by atoms with Crippen LogP contribution in [0.5, 0.6) is 0 Å². The third-order valence-corrected chi connectivity index (χ3v) is 11.2. The quantitative estimate of drug-likeness (QED) is 0.366. The fourth-order valence-electron chi connectivity index (χ4n) is 0.914. The van der Waals surface area contributed by atoms with Crippen LogP contribution in [0.1, 0.15) is 6.42 Å². The molecule has 42 valence electrons. The van der Waals surface area contributed by atoms with Gasteiger partial charge in [0.1, 0.15) is 0 Å². The molecule has 7 heavy (non-hydrogen) atoms. The first-order valence-corrected chi connectivity index (χ1v) is 7.47. The predicted molar refractivity (Wildman–Crippen MR) is 44.7 cm³/mol. The lowest BCUT2D eigenvalue weighted by molar-refractivity contribution is 0.906. The molecule has 0 aromatic rings. The first kappa shape index (κ1) is 6.07. The van der Waals surface area contributed by atoms with Crippen molar-refractivity contribution in [3.8, 4) is 0 Å². The predicted octanol–water partition coefficient (Wildman–Crippen LogP) is 2.44. The van der Waals surface area contributed by atoms with Gasteiger partial charge in [-0.1, -0.05) is 47.6 Å². The van der Waals surface area contributed by atoms with E-state index in [0.717, 1.165) is 0 Å². The van der Waals surface area contributed by atoms with Crippen LogP contribution in [0.2, 0.25) is 18.6 Å². The van der Waals surface area contributed by atoms with Gasteiger partial charge >= 0.3 is 0 Å². The first-order valence-electron chi connectivity index (χ1n) is 2.83.